The molecule has 1 aromatic rings. The predicted octanol–water partition coefficient (Wildman–Crippen LogP) is 0.772. The van der Waals surface area contributed by atoms with Gasteiger partial charge in [0.25, 0.3) is 0 Å². The Labute approximate surface area is 113 Å². The Hall–Kier alpha value is -0.940. The molecule has 0 radical (unpaired) electrons. The van der Waals surface area contributed by atoms with Gasteiger partial charge in [0.15, 0.2) is 0 Å². The van der Waals surface area contributed by atoms with Crippen LogP contribution in [-0.2, 0) is 11.3 Å². The summed E-state index contributed by atoms with van der Waals surface area (Å²) >= 11 is 0. The van der Waals surface area contributed by atoms with E-state index in [0.29, 0.717) is 31.8 Å². The van der Waals surface area contributed by atoms with Gasteiger partial charge < -0.3 is 14.9 Å². The first-order chi connectivity index (χ1) is 9.22. The Morgan fingerprint density at radius 2 is 1.68 bits per heavy atom. The Bertz CT molecular complexity index is 395. The standard InChI is InChI=1S/C15H21NO3/c17-14-8-16(9-15(14)18)12-6-13(7-12)19-10-11-4-2-1-3-5-11/h1-5,12-15,17-18H,6-10H2/t12?,13?,14-,15+. The number of benzene rings is 1. The summed E-state index contributed by atoms with van der Waals surface area (Å²) < 4.78 is 5.86. The zero-order valence-electron chi connectivity index (χ0n) is 11.0. The molecule has 1 saturated carbocycles. The van der Waals surface area contributed by atoms with Gasteiger partial charge in [0.2, 0.25) is 0 Å². The number of nitrogens with zero attached hydrogens (tertiary/aromatic N) is 1. The van der Waals surface area contributed by atoms with Crippen LogP contribution in [0.1, 0.15) is 18.4 Å². The first-order valence-electron chi connectivity index (χ1n) is 6.98. The van der Waals surface area contributed by atoms with E-state index in [2.05, 4.69) is 17.0 Å². The molecule has 4 nitrogen and oxygen atoms in total. The smallest absolute Gasteiger partial charge is 0.0938 e. The van der Waals surface area contributed by atoms with Crippen LogP contribution in [0.4, 0.5) is 0 Å². The highest BCUT2D eigenvalue weighted by molar-refractivity contribution is 5.13. The lowest BCUT2D eigenvalue weighted by Crippen LogP contribution is -2.47. The van der Waals surface area contributed by atoms with Gasteiger partial charge in [-0.05, 0) is 18.4 Å². The maximum atomic E-state index is 9.53. The van der Waals surface area contributed by atoms with Crippen LogP contribution in [-0.4, -0.2) is 52.6 Å². The Balaban J connectivity index is 1.39. The van der Waals surface area contributed by atoms with Gasteiger partial charge in [0.05, 0.1) is 24.9 Å². The quantitative estimate of drug-likeness (QED) is 0.842. The molecule has 3 rings (SSSR count). The number of hydrogen-bond donors (Lipinski definition) is 2. The molecule has 1 aliphatic carbocycles. The Morgan fingerprint density at radius 3 is 2.32 bits per heavy atom. The summed E-state index contributed by atoms with van der Waals surface area (Å²) in [6.07, 6.45) is 1.17. The van der Waals surface area contributed by atoms with E-state index >= 15 is 0 Å². The summed E-state index contributed by atoms with van der Waals surface area (Å²) in [5, 5.41) is 19.1. The molecule has 0 amide bonds. The third kappa shape index (κ3) is 2.98. The predicted molar refractivity (Wildman–Crippen MR) is 71.6 cm³/mol. The molecule has 19 heavy (non-hydrogen) atoms. The second-order valence-electron chi connectivity index (χ2n) is 5.63. The molecule has 0 spiro atoms. The molecule has 1 aromatic carbocycles. The van der Waals surface area contributed by atoms with Crippen LogP contribution in [0.15, 0.2) is 30.3 Å². The van der Waals surface area contributed by atoms with Gasteiger partial charge in [-0.2, -0.15) is 0 Å². The van der Waals surface area contributed by atoms with Gasteiger partial charge in [-0.1, -0.05) is 30.3 Å². The molecular formula is C15H21NO3. The van der Waals surface area contributed by atoms with E-state index in [0.717, 1.165) is 12.8 Å². The van der Waals surface area contributed by atoms with Crippen molar-refractivity contribution in [2.45, 2.75) is 43.8 Å². The van der Waals surface area contributed by atoms with Crippen LogP contribution in [0.25, 0.3) is 0 Å². The lowest BCUT2D eigenvalue weighted by molar-refractivity contribution is -0.0565. The topological polar surface area (TPSA) is 52.9 Å². The highest BCUT2D eigenvalue weighted by Crippen LogP contribution is 2.31. The summed E-state index contributed by atoms with van der Waals surface area (Å²) in [6.45, 7) is 1.86. The van der Waals surface area contributed by atoms with Gasteiger partial charge in [-0.3, -0.25) is 4.90 Å². The SMILES string of the molecule is O[C@@H]1CN(C2CC(OCc3ccccc3)C2)C[C@@H]1O. The van der Waals surface area contributed by atoms with E-state index in [1.807, 2.05) is 18.2 Å². The highest BCUT2D eigenvalue weighted by Gasteiger charge is 2.40. The molecule has 2 fully saturated rings. The average Bonchev–Trinajstić information content (AvgIpc) is 2.68. The van der Waals surface area contributed by atoms with E-state index in [1.54, 1.807) is 0 Å². The molecule has 4 heteroatoms. The molecule has 2 N–H and O–H groups in total. The van der Waals surface area contributed by atoms with Crippen molar-refractivity contribution in [3.05, 3.63) is 35.9 Å². The van der Waals surface area contributed by atoms with Gasteiger partial charge in [0.1, 0.15) is 0 Å². The van der Waals surface area contributed by atoms with Crippen LogP contribution >= 0.6 is 0 Å². The number of aliphatic hydroxyl groups excluding tert-OH is 2. The maximum Gasteiger partial charge on any atom is 0.0938 e. The second kappa shape index (κ2) is 5.59. The fourth-order valence-electron chi connectivity index (χ4n) is 2.86. The Kier molecular flexibility index (Phi) is 3.84. The number of β-amino-alcohol motifs (C(OH)–C–C–N with tert-alkyl or cyclic N) is 2. The summed E-state index contributed by atoms with van der Waals surface area (Å²) in [7, 11) is 0. The average molecular weight is 263 g/mol. The van der Waals surface area contributed by atoms with Gasteiger partial charge in [-0.25, -0.2) is 0 Å². The van der Waals surface area contributed by atoms with E-state index in [-0.39, 0.29) is 0 Å². The summed E-state index contributed by atoms with van der Waals surface area (Å²) in [5.74, 6) is 0. The normalized spacial score (nSPS) is 35.3. The van der Waals surface area contributed by atoms with Crippen molar-refractivity contribution in [1.82, 2.24) is 4.90 Å². The third-order valence-corrected chi connectivity index (χ3v) is 4.20. The third-order valence-electron chi connectivity index (χ3n) is 4.20. The largest absolute Gasteiger partial charge is 0.389 e. The van der Waals surface area contributed by atoms with Gasteiger partial charge in [-0.15, -0.1) is 0 Å². The van der Waals surface area contributed by atoms with E-state index in [9.17, 15) is 10.2 Å². The van der Waals surface area contributed by atoms with Crippen LogP contribution < -0.4 is 0 Å². The fraction of sp³-hybridized carbons (Fsp3) is 0.600. The molecule has 0 aromatic heterocycles. The maximum absolute atomic E-state index is 9.53. The molecule has 104 valence electrons. The Morgan fingerprint density at radius 1 is 1.05 bits per heavy atom. The molecule has 2 atom stereocenters. The van der Waals surface area contributed by atoms with Crippen molar-refractivity contribution >= 4 is 0 Å². The van der Waals surface area contributed by atoms with Crippen LogP contribution in [0.5, 0.6) is 0 Å². The first-order valence-corrected chi connectivity index (χ1v) is 6.98. The first kappa shape index (κ1) is 13.1. The summed E-state index contributed by atoms with van der Waals surface area (Å²) in [6, 6.07) is 10.7. The van der Waals surface area contributed by atoms with Crippen molar-refractivity contribution < 1.29 is 14.9 Å². The van der Waals surface area contributed by atoms with Gasteiger partial charge >= 0.3 is 0 Å². The number of likely N-dealkylation sites (tertiary alicyclic amines) is 1. The van der Waals surface area contributed by atoms with Crippen LogP contribution in [0.2, 0.25) is 0 Å². The van der Waals surface area contributed by atoms with E-state index < -0.39 is 12.2 Å². The van der Waals surface area contributed by atoms with Crippen molar-refractivity contribution in [3.63, 3.8) is 0 Å². The molecule has 1 heterocycles. The summed E-state index contributed by atoms with van der Waals surface area (Å²) in [5.41, 5.74) is 1.21. The minimum absolute atomic E-state index is 0.320. The fourth-order valence-corrected chi connectivity index (χ4v) is 2.86. The number of ether oxygens (including phenoxy) is 1. The van der Waals surface area contributed by atoms with Crippen LogP contribution in [0.3, 0.4) is 0 Å². The molecule has 0 unspecified atom stereocenters. The lowest BCUT2D eigenvalue weighted by atomic mass is 9.88. The highest BCUT2D eigenvalue weighted by atomic mass is 16.5. The second-order valence-corrected chi connectivity index (χ2v) is 5.63. The molecule has 1 saturated heterocycles. The molecular weight excluding hydrogens is 242 g/mol. The van der Waals surface area contributed by atoms with Crippen molar-refractivity contribution in [1.29, 1.82) is 0 Å². The summed E-state index contributed by atoms with van der Waals surface area (Å²) in [4.78, 5) is 2.18. The number of hydrogen-bond acceptors (Lipinski definition) is 4. The molecule has 1 aliphatic heterocycles. The number of aliphatic hydroxyl groups is 2. The zero-order valence-corrected chi connectivity index (χ0v) is 11.0. The van der Waals surface area contributed by atoms with E-state index in [1.165, 1.54) is 5.56 Å². The molecule has 2 aliphatic rings. The minimum Gasteiger partial charge on any atom is -0.389 e. The minimum atomic E-state index is -0.579. The van der Waals surface area contributed by atoms with Crippen LogP contribution in [0, 0.1) is 0 Å². The van der Waals surface area contributed by atoms with Crippen molar-refractivity contribution in [2.75, 3.05) is 13.1 Å². The lowest BCUT2D eigenvalue weighted by Gasteiger charge is -2.40. The number of rotatable bonds is 4. The molecule has 0 bridgehead atoms. The van der Waals surface area contributed by atoms with E-state index in [4.69, 9.17) is 4.74 Å². The zero-order chi connectivity index (χ0) is 13.2. The van der Waals surface area contributed by atoms with Crippen molar-refractivity contribution in [3.8, 4) is 0 Å². The van der Waals surface area contributed by atoms with Gasteiger partial charge in [0, 0.05) is 19.1 Å². The monoisotopic (exact) mass is 263 g/mol. The van der Waals surface area contributed by atoms with Crippen molar-refractivity contribution in [2.24, 2.45) is 0 Å².